The maximum atomic E-state index is 8.69. The molecular weight excluding hydrogens is 288 g/mol. The predicted molar refractivity (Wildman–Crippen MR) is 74.5 cm³/mol. The molecule has 9 heteroatoms. The van der Waals surface area contributed by atoms with Gasteiger partial charge in [-0.2, -0.15) is 0 Å². The first kappa shape index (κ1) is 25.6. The molecule has 0 heterocycles. The van der Waals surface area contributed by atoms with Crippen molar-refractivity contribution in [1.82, 2.24) is 0 Å². The van der Waals surface area contributed by atoms with Crippen LogP contribution < -0.4 is 0 Å². The fourth-order valence-electron chi connectivity index (χ4n) is 0.472. The van der Waals surface area contributed by atoms with Crippen LogP contribution in [-0.2, 0) is 4.74 Å². The van der Waals surface area contributed by atoms with Crippen LogP contribution >= 0.6 is 0 Å². The summed E-state index contributed by atoms with van der Waals surface area (Å²) in [6.07, 6.45) is -2.52. The fraction of sp³-hybridized carbons (Fsp3) is 1.00. The highest BCUT2D eigenvalue weighted by Gasteiger charge is 2.00. The van der Waals surface area contributed by atoms with Gasteiger partial charge in [-0.3, -0.25) is 0 Å². The van der Waals surface area contributed by atoms with Crippen LogP contribution in [-0.4, -0.2) is 105 Å². The van der Waals surface area contributed by atoms with Crippen molar-refractivity contribution >= 4 is 0 Å². The molecule has 0 saturated carbocycles. The van der Waals surface area contributed by atoms with Gasteiger partial charge in [0, 0.05) is 0 Å². The zero-order valence-corrected chi connectivity index (χ0v) is 12.5. The molecule has 2 unspecified atom stereocenters. The molecule has 0 bridgehead atoms. The summed E-state index contributed by atoms with van der Waals surface area (Å²) in [5.74, 6) is 0. The number of rotatable bonds is 8. The Morgan fingerprint density at radius 1 is 0.667 bits per heavy atom. The molecular formula is C12H30O9. The third-order valence-electron chi connectivity index (χ3n) is 1.72. The monoisotopic (exact) mass is 318 g/mol. The zero-order valence-electron chi connectivity index (χ0n) is 12.5. The molecule has 0 aromatic carbocycles. The normalized spacial score (nSPS) is 13.1. The number of aliphatic hydroxyl groups excluding tert-OH is 8. The third kappa shape index (κ3) is 28.5. The summed E-state index contributed by atoms with van der Waals surface area (Å²) in [5.41, 5.74) is 0. The summed E-state index contributed by atoms with van der Waals surface area (Å²) in [5, 5.41) is 65.2. The molecule has 2 atom stereocenters. The average Bonchev–Trinajstić information content (AvgIpc) is 2.51. The molecule has 0 aliphatic carbocycles. The number of ether oxygens (including phenoxy) is 1. The predicted octanol–water partition coefficient (Wildman–Crippen LogP) is -3.57. The molecule has 0 spiro atoms. The van der Waals surface area contributed by atoms with E-state index >= 15 is 0 Å². The van der Waals surface area contributed by atoms with E-state index in [-0.39, 0.29) is 39.1 Å². The van der Waals surface area contributed by atoms with Crippen LogP contribution in [0.1, 0.15) is 13.8 Å². The van der Waals surface area contributed by atoms with Gasteiger partial charge < -0.3 is 45.6 Å². The molecule has 0 aromatic rings. The van der Waals surface area contributed by atoms with Crippen molar-refractivity contribution < 1.29 is 45.6 Å². The average molecular weight is 318 g/mol. The summed E-state index contributed by atoms with van der Waals surface area (Å²) in [4.78, 5) is 0. The summed E-state index contributed by atoms with van der Waals surface area (Å²) in [6.45, 7) is 2.24. The van der Waals surface area contributed by atoms with E-state index in [1.807, 2.05) is 0 Å². The molecule has 0 radical (unpaired) electrons. The molecule has 8 N–H and O–H groups in total. The van der Waals surface area contributed by atoms with Gasteiger partial charge in [0.15, 0.2) is 0 Å². The molecule has 0 fully saturated rings. The summed E-state index contributed by atoms with van der Waals surface area (Å²) < 4.78 is 4.95. The van der Waals surface area contributed by atoms with Crippen molar-refractivity contribution in [2.45, 2.75) is 38.3 Å². The van der Waals surface area contributed by atoms with E-state index in [1.54, 1.807) is 13.8 Å². The lowest BCUT2D eigenvalue weighted by Crippen LogP contribution is -2.19. The standard InChI is InChI=1S/C6H14O3.2C3H8O3/c1-5(8)4-9-6(2)3-7;2*4-1-3(6)2-5/h5-8H,3-4H2,1-2H3;2*3-6H,1-2H2. The second kappa shape index (κ2) is 19.6. The van der Waals surface area contributed by atoms with Gasteiger partial charge in [0.25, 0.3) is 0 Å². The molecule has 9 nitrogen and oxygen atoms in total. The Kier molecular flexibility index (Phi) is 23.9. The Labute approximate surface area is 124 Å². The van der Waals surface area contributed by atoms with Crippen LogP contribution in [0.5, 0.6) is 0 Å². The largest absolute Gasteiger partial charge is 0.394 e. The second-order valence-electron chi connectivity index (χ2n) is 4.21. The van der Waals surface area contributed by atoms with Gasteiger partial charge in [0.1, 0.15) is 12.2 Å². The lowest BCUT2D eigenvalue weighted by molar-refractivity contribution is -0.0177. The van der Waals surface area contributed by atoms with E-state index in [2.05, 4.69) is 0 Å². The molecule has 0 aliphatic rings. The van der Waals surface area contributed by atoms with Gasteiger partial charge in [-0.15, -0.1) is 0 Å². The molecule has 0 aliphatic heterocycles. The first-order valence-corrected chi connectivity index (χ1v) is 6.48. The van der Waals surface area contributed by atoms with Crippen molar-refractivity contribution in [3.63, 3.8) is 0 Å². The van der Waals surface area contributed by atoms with Crippen molar-refractivity contribution in [2.75, 3.05) is 39.6 Å². The Morgan fingerprint density at radius 2 is 1.00 bits per heavy atom. The lowest BCUT2D eigenvalue weighted by Gasteiger charge is -2.10. The van der Waals surface area contributed by atoms with Crippen molar-refractivity contribution in [3.05, 3.63) is 0 Å². The maximum absolute atomic E-state index is 8.69. The van der Waals surface area contributed by atoms with Gasteiger partial charge in [-0.05, 0) is 13.8 Å². The summed E-state index contributed by atoms with van der Waals surface area (Å²) >= 11 is 0. The zero-order chi connectivity index (χ0) is 17.3. The van der Waals surface area contributed by atoms with Crippen LogP contribution in [0.2, 0.25) is 0 Å². The molecule has 21 heavy (non-hydrogen) atoms. The van der Waals surface area contributed by atoms with Crippen molar-refractivity contribution in [3.8, 4) is 0 Å². The Hall–Kier alpha value is -0.360. The molecule has 0 saturated heterocycles. The van der Waals surface area contributed by atoms with Crippen molar-refractivity contribution in [2.24, 2.45) is 0 Å². The summed E-state index contributed by atoms with van der Waals surface area (Å²) in [6, 6.07) is 0. The van der Waals surface area contributed by atoms with Crippen LogP contribution in [0.3, 0.4) is 0 Å². The van der Waals surface area contributed by atoms with E-state index in [1.165, 1.54) is 0 Å². The van der Waals surface area contributed by atoms with E-state index in [0.717, 1.165) is 0 Å². The van der Waals surface area contributed by atoms with Crippen LogP contribution in [0.4, 0.5) is 0 Å². The highest BCUT2D eigenvalue weighted by Crippen LogP contribution is 1.90. The maximum Gasteiger partial charge on any atom is 0.100 e. The minimum absolute atomic E-state index is 0.00667. The Balaban J connectivity index is -0.000000240. The second-order valence-corrected chi connectivity index (χ2v) is 4.21. The van der Waals surface area contributed by atoms with E-state index in [4.69, 9.17) is 45.6 Å². The Morgan fingerprint density at radius 3 is 1.14 bits per heavy atom. The topological polar surface area (TPSA) is 171 Å². The van der Waals surface area contributed by atoms with Crippen molar-refractivity contribution in [1.29, 1.82) is 0 Å². The minimum atomic E-state index is -0.954. The molecule has 0 aromatic heterocycles. The molecule has 132 valence electrons. The summed E-state index contributed by atoms with van der Waals surface area (Å²) in [7, 11) is 0. The number of hydrogen-bond donors (Lipinski definition) is 8. The smallest absolute Gasteiger partial charge is 0.100 e. The van der Waals surface area contributed by atoms with Gasteiger partial charge in [-0.25, -0.2) is 0 Å². The fourth-order valence-corrected chi connectivity index (χ4v) is 0.472. The Bertz CT molecular complexity index is 162. The third-order valence-corrected chi connectivity index (χ3v) is 1.72. The highest BCUT2D eigenvalue weighted by atomic mass is 16.5. The van der Waals surface area contributed by atoms with E-state index in [0.29, 0.717) is 6.61 Å². The number of aliphatic hydroxyl groups is 8. The van der Waals surface area contributed by atoms with Gasteiger partial charge in [-0.1, -0.05) is 0 Å². The lowest BCUT2D eigenvalue weighted by atomic mass is 10.4. The molecule has 0 rings (SSSR count). The highest BCUT2D eigenvalue weighted by molar-refractivity contribution is 4.47. The van der Waals surface area contributed by atoms with Crippen LogP contribution in [0.25, 0.3) is 0 Å². The number of hydrogen-bond acceptors (Lipinski definition) is 9. The quantitative estimate of drug-likeness (QED) is 0.225. The van der Waals surface area contributed by atoms with Gasteiger partial charge in [0.05, 0.1) is 51.8 Å². The van der Waals surface area contributed by atoms with E-state index < -0.39 is 18.3 Å². The van der Waals surface area contributed by atoms with Gasteiger partial charge in [0.2, 0.25) is 0 Å². The van der Waals surface area contributed by atoms with Gasteiger partial charge >= 0.3 is 0 Å². The SMILES string of the molecule is CC(O)COC(C)CO.OCC(O)CO.OCC(O)CO. The van der Waals surface area contributed by atoms with E-state index in [9.17, 15) is 0 Å². The minimum Gasteiger partial charge on any atom is -0.394 e. The van der Waals surface area contributed by atoms with Crippen LogP contribution in [0, 0.1) is 0 Å². The first-order chi connectivity index (χ1) is 9.78. The van der Waals surface area contributed by atoms with Crippen LogP contribution in [0.15, 0.2) is 0 Å². The molecule has 0 amide bonds. The first-order valence-electron chi connectivity index (χ1n) is 6.48.